The molecule has 1 aliphatic heterocycles. The Bertz CT molecular complexity index is 399. The number of carboxylic acid groups (broad SMARTS) is 1. The third-order valence-corrected chi connectivity index (χ3v) is 4.40. The Balaban J connectivity index is 1.78. The zero-order valence-electron chi connectivity index (χ0n) is 10.5. The van der Waals surface area contributed by atoms with E-state index >= 15 is 0 Å². The highest BCUT2D eigenvalue weighted by Gasteiger charge is 2.21. The van der Waals surface area contributed by atoms with Crippen LogP contribution in [0.5, 0.6) is 0 Å². The van der Waals surface area contributed by atoms with E-state index in [4.69, 9.17) is 9.84 Å². The molecule has 0 bridgehead atoms. The Kier molecular flexibility index (Phi) is 4.74. The summed E-state index contributed by atoms with van der Waals surface area (Å²) in [7, 11) is 0. The third kappa shape index (κ3) is 3.80. The van der Waals surface area contributed by atoms with E-state index in [0.717, 1.165) is 31.1 Å². The molecule has 2 unspecified atom stereocenters. The molecule has 0 radical (unpaired) electrons. The van der Waals surface area contributed by atoms with Crippen LogP contribution in [0.25, 0.3) is 0 Å². The van der Waals surface area contributed by atoms with E-state index in [-0.39, 0.29) is 6.42 Å². The molecule has 1 saturated heterocycles. The molecule has 1 aliphatic rings. The number of nitrogens with one attached hydrogen (secondary N) is 1. The molecule has 0 aromatic carbocycles. The molecule has 0 spiro atoms. The van der Waals surface area contributed by atoms with Gasteiger partial charge in [0.25, 0.3) is 0 Å². The highest BCUT2D eigenvalue weighted by atomic mass is 32.1. The first-order chi connectivity index (χ1) is 8.65. The first-order valence-electron chi connectivity index (χ1n) is 6.25. The minimum Gasteiger partial charge on any atom is -0.481 e. The second kappa shape index (κ2) is 6.31. The van der Waals surface area contributed by atoms with Crippen molar-refractivity contribution in [1.82, 2.24) is 5.32 Å². The topological polar surface area (TPSA) is 58.6 Å². The summed E-state index contributed by atoms with van der Waals surface area (Å²) >= 11 is 1.57. The number of ether oxygens (including phenoxy) is 1. The predicted molar refractivity (Wildman–Crippen MR) is 70.9 cm³/mol. The zero-order chi connectivity index (χ0) is 13.0. The first-order valence-corrected chi connectivity index (χ1v) is 7.07. The van der Waals surface area contributed by atoms with E-state index in [1.165, 1.54) is 4.88 Å². The fraction of sp³-hybridized carbons (Fsp3) is 0.615. The van der Waals surface area contributed by atoms with Crippen molar-refractivity contribution < 1.29 is 14.6 Å². The van der Waals surface area contributed by atoms with E-state index in [1.807, 2.05) is 12.1 Å². The lowest BCUT2D eigenvalue weighted by Gasteiger charge is -2.18. The number of aliphatic carboxylic acids is 1. The number of carbonyl (C=O) groups is 1. The van der Waals surface area contributed by atoms with Gasteiger partial charge in [-0.3, -0.25) is 4.79 Å². The number of hydrogen-bond acceptors (Lipinski definition) is 4. The molecular weight excluding hydrogens is 250 g/mol. The second-order valence-corrected chi connectivity index (χ2v) is 5.98. The number of rotatable bonds is 6. The van der Waals surface area contributed by atoms with Crippen LogP contribution in [-0.4, -0.2) is 30.3 Å². The smallest absolute Gasteiger partial charge is 0.308 e. The summed E-state index contributed by atoms with van der Waals surface area (Å²) in [5, 5.41) is 12.2. The lowest BCUT2D eigenvalue weighted by atomic mass is 10.0. The van der Waals surface area contributed by atoms with Crippen molar-refractivity contribution in [3.05, 3.63) is 21.9 Å². The summed E-state index contributed by atoms with van der Waals surface area (Å²) in [5.41, 5.74) is 0. The summed E-state index contributed by atoms with van der Waals surface area (Å²) in [6.07, 6.45) is 1.25. The van der Waals surface area contributed by atoms with Crippen LogP contribution in [-0.2, 0) is 22.5 Å². The quantitative estimate of drug-likeness (QED) is 0.828. The van der Waals surface area contributed by atoms with Gasteiger partial charge in [0, 0.05) is 28.9 Å². The molecule has 1 aromatic rings. The molecule has 100 valence electrons. The molecule has 2 rings (SSSR count). The van der Waals surface area contributed by atoms with Crippen LogP contribution in [0.2, 0.25) is 0 Å². The Morgan fingerprint density at radius 2 is 2.39 bits per heavy atom. The van der Waals surface area contributed by atoms with E-state index in [9.17, 15) is 4.79 Å². The van der Waals surface area contributed by atoms with Gasteiger partial charge in [-0.25, -0.2) is 0 Å². The van der Waals surface area contributed by atoms with Gasteiger partial charge in [-0.1, -0.05) is 0 Å². The van der Waals surface area contributed by atoms with Crippen LogP contribution in [0.15, 0.2) is 12.1 Å². The van der Waals surface area contributed by atoms with E-state index in [1.54, 1.807) is 11.3 Å². The van der Waals surface area contributed by atoms with Crippen LogP contribution in [0.4, 0.5) is 0 Å². The van der Waals surface area contributed by atoms with Crippen LogP contribution < -0.4 is 5.32 Å². The Morgan fingerprint density at radius 1 is 1.61 bits per heavy atom. The average Bonchev–Trinajstić information content (AvgIpc) is 2.95. The molecule has 1 fully saturated rings. The van der Waals surface area contributed by atoms with Gasteiger partial charge in [-0.15, -0.1) is 11.3 Å². The molecule has 0 aliphatic carbocycles. The van der Waals surface area contributed by atoms with Gasteiger partial charge in [0.05, 0.1) is 13.0 Å². The van der Waals surface area contributed by atoms with Gasteiger partial charge in [0.1, 0.15) is 0 Å². The maximum Gasteiger partial charge on any atom is 0.308 e. The maximum atomic E-state index is 10.6. The summed E-state index contributed by atoms with van der Waals surface area (Å²) in [6, 6.07) is 4.35. The van der Waals surface area contributed by atoms with Gasteiger partial charge in [-0.05, 0) is 31.4 Å². The van der Waals surface area contributed by atoms with Crippen molar-refractivity contribution in [2.75, 3.05) is 13.2 Å². The van der Waals surface area contributed by atoms with Crippen LogP contribution >= 0.6 is 11.3 Å². The summed E-state index contributed by atoms with van der Waals surface area (Å²) in [4.78, 5) is 12.7. The van der Waals surface area contributed by atoms with Crippen LogP contribution in [0, 0.1) is 5.92 Å². The SMILES string of the molecule is CC(NCc1ccc(CC(=O)O)s1)C1CCOC1. The van der Waals surface area contributed by atoms with E-state index in [0.29, 0.717) is 12.0 Å². The molecule has 2 atom stereocenters. The Morgan fingerprint density at radius 3 is 3.06 bits per heavy atom. The van der Waals surface area contributed by atoms with Gasteiger partial charge >= 0.3 is 5.97 Å². The van der Waals surface area contributed by atoms with Crippen molar-refractivity contribution in [2.24, 2.45) is 5.92 Å². The van der Waals surface area contributed by atoms with E-state index in [2.05, 4.69) is 12.2 Å². The van der Waals surface area contributed by atoms with Crippen molar-refractivity contribution in [3.8, 4) is 0 Å². The number of hydrogen-bond donors (Lipinski definition) is 2. The first kappa shape index (κ1) is 13.5. The molecule has 2 N–H and O–H groups in total. The van der Waals surface area contributed by atoms with Gasteiger partial charge < -0.3 is 15.2 Å². The minimum atomic E-state index is -0.771. The number of carboxylic acids is 1. The van der Waals surface area contributed by atoms with Crippen LogP contribution in [0.1, 0.15) is 23.1 Å². The highest BCUT2D eigenvalue weighted by molar-refractivity contribution is 7.12. The predicted octanol–water partition coefficient (Wildman–Crippen LogP) is 1.89. The fourth-order valence-electron chi connectivity index (χ4n) is 2.14. The molecule has 18 heavy (non-hydrogen) atoms. The molecular formula is C13H19NO3S. The van der Waals surface area contributed by atoms with E-state index < -0.39 is 5.97 Å². The van der Waals surface area contributed by atoms with Crippen molar-refractivity contribution in [3.63, 3.8) is 0 Å². The van der Waals surface area contributed by atoms with Gasteiger partial charge in [-0.2, -0.15) is 0 Å². The fourth-order valence-corrected chi connectivity index (χ4v) is 3.10. The largest absolute Gasteiger partial charge is 0.481 e. The standard InChI is InChI=1S/C13H19NO3S/c1-9(10-4-5-17-8-10)14-7-12-3-2-11(18-12)6-13(15)16/h2-3,9-10,14H,4-8H2,1H3,(H,15,16). The molecule has 0 saturated carbocycles. The van der Waals surface area contributed by atoms with Crippen molar-refractivity contribution in [1.29, 1.82) is 0 Å². The van der Waals surface area contributed by atoms with Crippen LogP contribution in [0.3, 0.4) is 0 Å². The van der Waals surface area contributed by atoms with Gasteiger partial charge in [0.15, 0.2) is 0 Å². The van der Waals surface area contributed by atoms with Gasteiger partial charge in [0.2, 0.25) is 0 Å². The molecule has 0 amide bonds. The Labute approximate surface area is 111 Å². The molecule has 2 heterocycles. The second-order valence-electron chi connectivity index (χ2n) is 4.73. The van der Waals surface area contributed by atoms with Crippen molar-refractivity contribution in [2.45, 2.75) is 32.4 Å². The average molecular weight is 269 g/mol. The summed E-state index contributed by atoms with van der Waals surface area (Å²) < 4.78 is 5.38. The third-order valence-electron chi connectivity index (χ3n) is 3.31. The normalized spacial score (nSPS) is 21.1. The molecule has 5 heteroatoms. The summed E-state index contributed by atoms with van der Waals surface area (Å²) in [5.74, 6) is -0.170. The number of thiophene rings is 1. The zero-order valence-corrected chi connectivity index (χ0v) is 11.3. The lowest BCUT2D eigenvalue weighted by molar-refractivity contribution is -0.136. The monoisotopic (exact) mass is 269 g/mol. The summed E-state index contributed by atoms with van der Waals surface area (Å²) in [6.45, 7) is 4.72. The minimum absolute atomic E-state index is 0.122. The van der Waals surface area contributed by atoms with Crippen molar-refractivity contribution >= 4 is 17.3 Å². The molecule has 4 nitrogen and oxygen atoms in total. The Hall–Kier alpha value is -0.910. The molecule has 1 aromatic heterocycles. The highest BCUT2D eigenvalue weighted by Crippen LogP contribution is 2.19. The maximum absolute atomic E-state index is 10.6. The lowest BCUT2D eigenvalue weighted by Crippen LogP contribution is -2.33.